The molecule has 2 aromatic carbocycles. The van der Waals surface area contributed by atoms with Crippen LogP contribution in [0.25, 0.3) is 11.1 Å². The summed E-state index contributed by atoms with van der Waals surface area (Å²) in [5, 5.41) is 3.11. The minimum Gasteiger partial charge on any atom is -0.406 e. The lowest BCUT2D eigenvalue weighted by Crippen LogP contribution is -2.17. The van der Waals surface area contributed by atoms with Gasteiger partial charge in [0.15, 0.2) is 0 Å². The predicted molar refractivity (Wildman–Crippen MR) is 88.0 cm³/mol. The van der Waals surface area contributed by atoms with Crippen molar-refractivity contribution in [3.05, 3.63) is 53.1 Å². The highest BCUT2D eigenvalue weighted by molar-refractivity contribution is 5.85. The molecule has 0 saturated carbocycles. The first kappa shape index (κ1) is 19.3. The summed E-state index contributed by atoms with van der Waals surface area (Å²) >= 11 is 0. The molecule has 1 N–H and O–H groups in total. The lowest BCUT2D eigenvalue weighted by Gasteiger charge is -2.14. The van der Waals surface area contributed by atoms with E-state index in [0.717, 1.165) is 23.2 Å². The molecule has 0 atom stereocenters. The van der Waals surface area contributed by atoms with Crippen molar-refractivity contribution >= 4 is 12.4 Å². The SMILES string of the molecule is CNCc1c(C)cc(-c2cccc(OC(F)(F)F)c2)cc1C.Cl. The second kappa shape index (κ2) is 7.70. The van der Waals surface area contributed by atoms with Crippen LogP contribution in [0.4, 0.5) is 13.2 Å². The van der Waals surface area contributed by atoms with Crippen molar-refractivity contribution in [3.8, 4) is 16.9 Å². The van der Waals surface area contributed by atoms with Crippen LogP contribution in [0.1, 0.15) is 16.7 Å². The normalized spacial score (nSPS) is 11.0. The molecule has 6 heteroatoms. The number of ether oxygens (including phenoxy) is 1. The number of hydrogen-bond donors (Lipinski definition) is 1. The van der Waals surface area contributed by atoms with E-state index in [1.165, 1.54) is 17.7 Å². The van der Waals surface area contributed by atoms with Gasteiger partial charge in [-0.3, -0.25) is 0 Å². The standard InChI is InChI=1S/C17H18F3NO.ClH/c1-11-7-14(8-12(2)16(11)10-21-3)13-5-4-6-15(9-13)22-17(18,19)20;/h4-9,21H,10H2,1-3H3;1H. The summed E-state index contributed by atoms with van der Waals surface area (Å²) < 4.78 is 40.9. The largest absolute Gasteiger partial charge is 0.573 e. The van der Waals surface area contributed by atoms with Crippen molar-refractivity contribution in [1.82, 2.24) is 5.32 Å². The molecule has 23 heavy (non-hydrogen) atoms. The fourth-order valence-electron chi connectivity index (χ4n) is 2.49. The summed E-state index contributed by atoms with van der Waals surface area (Å²) in [6.07, 6.45) is -4.68. The molecule has 0 bridgehead atoms. The van der Waals surface area contributed by atoms with E-state index < -0.39 is 6.36 Å². The summed E-state index contributed by atoms with van der Waals surface area (Å²) in [5.74, 6) is -0.209. The summed E-state index contributed by atoms with van der Waals surface area (Å²) in [4.78, 5) is 0. The molecule has 0 fully saturated rings. The molecule has 0 heterocycles. The molecule has 0 saturated heterocycles. The molecule has 0 spiro atoms. The zero-order valence-electron chi connectivity index (χ0n) is 13.1. The van der Waals surface area contributed by atoms with Gasteiger partial charge in [-0.2, -0.15) is 0 Å². The first-order chi connectivity index (χ1) is 10.3. The van der Waals surface area contributed by atoms with Gasteiger partial charge >= 0.3 is 6.36 Å². The topological polar surface area (TPSA) is 21.3 Å². The minimum atomic E-state index is -4.68. The Morgan fingerprint density at radius 3 is 2.13 bits per heavy atom. The van der Waals surface area contributed by atoms with E-state index in [4.69, 9.17) is 0 Å². The Morgan fingerprint density at radius 2 is 1.61 bits per heavy atom. The lowest BCUT2D eigenvalue weighted by molar-refractivity contribution is -0.274. The third-order valence-electron chi connectivity index (χ3n) is 3.45. The van der Waals surface area contributed by atoms with E-state index in [9.17, 15) is 13.2 Å². The molecule has 0 aromatic heterocycles. The quantitative estimate of drug-likeness (QED) is 0.841. The third-order valence-corrected chi connectivity index (χ3v) is 3.45. The molecule has 2 rings (SSSR count). The molecule has 126 valence electrons. The van der Waals surface area contributed by atoms with Gasteiger partial charge in [0.1, 0.15) is 5.75 Å². The van der Waals surface area contributed by atoms with Crippen LogP contribution >= 0.6 is 12.4 Å². The Hall–Kier alpha value is -1.72. The zero-order chi connectivity index (χ0) is 16.3. The van der Waals surface area contributed by atoms with Crippen molar-refractivity contribution in [3.63, 3.8) is 0 Å². The van der Waals surface area contributed by atoms with E-state index in [1.807, 2.05) is 33.0 Å². The fraction of sp³-hybridized carbons (Fsp3) is 0.294. The molecule has 0 unspecified atom stereocenters. The zero-order valence-corrected chi connectivity index (χ0v) is 13.9. The maximum atomic E-state index is 12.3. The van der Waals surface area contributed by atoms with Crippen LogP contribution in [0.3, 0.4) is 0 Å². The molecule has 0 aliphatic carbocycles. The van der Waals surface area contributed by atoms with Gasteiger partial charge in [0.05, 0.1) is 0 Å². The Kier molecular flexibility index (Phi) is 6.47. The van der Waals surface area contributed by atoms with Crippen molar-refractivity contribution in [2.45, 2.75) is 26.8 Å². The van der Waals surface area contributed by atoms with Gasteiger partial charge in [0.2, 0.25) is 0 Å². The van der Waals surface area contributed by atoms with Crippen LogP contribution in [0, 0.1) is 13.8 Å². The first-order valence-electron chi connectivity index (χ1n) is 6.91. The Labute approximate surface area is 140 Å². The highest BCUT2D eigenvalue weighted by atomic mass is 35.5. The number of nitrogens with one attached hydrogen (secondary N) is 1. The van der Waals surface area contributed by atoms with Crippen molar-refractivity contribution < 1.29 is 17.9 Å². The second-order valence-electron chi connectivity index (χ2n) is 5.19. The molecule has 2 nitrogen and oxygen atoms in total. The maximum Gasteiger partial charge on any atom is 0.573 e. The van der Waals surface area contributed by atoms with E-state index in [1.54, 1.807) is 12.1 Å². The minimum absolute atomic E-state index is 0. The highest BCUT2D eigenvalue weighted by Crippen LogP contribution is 2.30. The molecule has 2 aromatic rings. The van der Waals surface area contributed by atoms with Crippen LogP contribution in [-0.2, 0) is 6.54 Å². The number of alkyl halides is 3. The van der Waals surface area contributed by atoms with Crippen molar-refractivity contribution in [1.29, 1.82) is 0 Å². The number of aryl methyl sites for hydroxylation is 2. The van der Waals surface area contributed by atoms with E-state index >= 15 is 0 Å². The summed E-state index contributed by atoms with van der Waals surface area (Å²) in [5.41, 5.74) is 4.98. The number of rotatable bonds is 4. The lowest BCUT2D eigenvalue weighted by atomic mass is 9.95. The van der Waals surface area contributed by atoms with Crippen LogP contribution in [-0.4, -0.2) is 13.4 Å². The summed E-state index contributed by atoms with van der Waals surface area (Å²) in [7, 11) is 1.88. The second-order valence-corrected chi connectivity index (χ2v) is 5.19. The molecule has 0 aliphatic heterocycles. The first-order valence-corrected chi connectivity index (χ1v) is 6.91. The van der Waals surface area contributed by atoms with Gasteiger partial charge in [-0.15, -0.1) is 25.6 Å². The van der Waals surface area contributed by atoms with E-state index in [0.29, 0.717) is 5.56 Å². The Morgan fingerprint density at radius 1 is 1.00 bits per heavy atom. The van der Waals surface area contributed by atoms with Crippen molar-refractivity contribution in [2.24, 2.45) is 0 Å². The van der Waals surface area contributed by atoms with E-state index in [-0.39, 0.29) is 18.2 Å². The van der Waals surface area contributed by atoms with Gasteiger partial charge in [-0.05, 0) is 60.8 Å². The maximum absolute atomic E-state index is 12.3. The van der Waals surface area contributed by atoms with Gasteiger partial charge in [-0.25, -0.2) is 0 Å². The van der Waals surface area contributed by atoms with Gasteiger partial charge in [0.25, 0.3) is 0 Å². The monoisotopic (exact) mass is 345 g/mol. The van der Waals surface area contributed by atoms with Crippen LogP contribution < -0.4 is 10.1 Å². The highest BCUT2D eigenvalue weighted by Gasteiger charge is 2.31. The molecule has 0 aliphatic rings. The Bertz CT molecular complexity index is 648. The van der Waals surface area contributed by atoms with Gasteiger partial charge in [-0.1, -0.05) is 24.3 Å². The van der Waals surface area contributed by atoms with Gasteiger partial charge < -0.3 is 10.1 Å². The number of benzene rings is 2. The number of halogens is 4. The molecule has 0 amide bonds. The Balaban J connectivity index is 0.00000264. The average molecular weight is 346 g/mol. The smallest absolute Gasteiger partial charge is 0.406 e. The third kappa shape index (κ3) is 5.15. The molecule has 0 radical (unpaired) electrons. The molecular weight excluding hydrogens is 327 g/mol. The van der Waals surface area contributed by atoms with Crippen molar-refractivity contribution in [2.75, 3.05) is 7.05 Å². The molecular formula is C17H19ClF3NO. The predicted octanol–water partition coefficient (Wildman–Crippen LogP) is 5.01. The summed E-state index contributed by atoms with van der Waals surface area (Å²) in [6.45, 7) is 4.76. The average Bonchev–Trinajstić information content (AvgIpc) is 2.41. The van der Waals surface area contributed by atoms with Crippen LogP contribution in [0.15, 0.2) is 36.4 Å². The van der Waals surface area contributed by atoms with Crippen LogP contribution in [0.5, 0.6) is 5.75 Å². The number of hydrogen-bond acceptors (Lipinski definition) is 2. The van der Waals surface area contributed by atoms with Gasteiger partial charge in [0, 0.05) is 6.54 Å². The van der Waals surface area contributed by atoms with Crippen LogP contribution in [0.2, 0.25) is 0 Å². The summed E-state index contributed by atoms with van der Waals surface area (Å²) in [6, 6.07) is 9.99. The fourth-order valence-corrected chi connectivity index (χ4v) is 2.49. The van der Waals surface area contributed by atoms with E-state index in [2.05, 4.69) is 10.1 Å².